The van der Waals surface area contributed by atoms with E-state index in [1.165, 1.54) is 4.57 Å². The minimum absolute atomic E-state index is 0.122. The number of para-hydroxylation sites is 1. The Hall–Kier alpha value is -2.99. The lowest BCUT2D eigenvalue weighted by Crippen LogP contribution is -2.44. The van der Waals surface area contributed by atoms with Crippen LogP contribution in [0.5, 0.6) is 0 Å². The Morgan fingerprint density at radius 3 is 2.77 bits per heavy atom. The van der Waals surface area contributed by atoms with Crippen molar-refractivity contribution < 1.29 is 14.6 Å². The van der Waals surface area contributed by atoms with Gasteiger partial charge in [-0.2, -0.15) is 0 Å². The summed E-state index contributed by atoms with van der Waals surface area (Å²) in [6.07, 6.45) is 0.122. The highest BCUT2D eigenvalue weighted by molar-refractivity contribution is 5.84. The van der Waals surface area contributed by atoms with Crippen molar-refractivity contribution in [1.29, 1.82) is 0 Å². The topological polar surface area (TPSA) is 81.4 Å². The van der Waals surface area contributed by atoms with Gasteiger partial charge in [0.25, 0.3) is 5.56 Å². The van der Waals surface area contributed by atoms with Crippen molar-refractivity contribution in [2.45, 2.75) is 25.6 Å². The number of hydrogen-bond donors (Lipinski definition) is 1. The number of nitrogens with zero attached hydrogens (tertiary/aromatic N) is 2. The lowest BCUT2D eigenvalue weighted by Gasteiger charge is -2.32. The van der Waals surface area contributed by atoms with Crippen LogP contribution in [-0.4, -0.2) is 20.6 Å². The van der Waals surface area contributed by atoms with E-state index in [0.29, 0.717) is 22.5 Å². The number of aromatic nitrogens is 2. The van der Waals surface area contributed by atoms with Crippen LogP contribution in [-0.2, 0) is 28.8 Å². The van der Waals surface area contributed by atoms with Crippen molar-refractivity contribution in [3.05, 3.63) is 63.9 Å². The predicted molar refractivity (Wildman–Crippen MR) is 96.4 cm³/mol. The monoisotopic (exact) mass is 350 g/mol. The van der Waals surface area contributed by atoms with Crippen molar-refractivity contribution in [3.63, 3.8) is 0 Å². The van der Waals surface area contributed by atoms with E-state index in [9.17, 15) is 14.7 Å². The van der Waals surface area contributed by atoms with E-state index in [4.69, 9.17) is 4.74 Å². The van der Waals surface area contributed by atoms with Crippen LogP contribution in [0.1, 0.15) is 24.5 Å². The van der Waals surface area contributed by atoms with Gasteiger partial charge in [-0.25, -0.2) is 9.78 Å². The van der Waals surface area contributed by atoms with Gasteiger partial charge < -0.3 is 14.4 Å². The third-order valence-electron chi connectivity index (χ3n) is 5.03. The number of rotatable bonds is 2. The quantitative estimate of drug-likeness (QED) is 0.717. The highest BCUT2D eigenvalue weighted by atomic mass is 16.6. The summed E-state index contributed by atoms with van der Waals surface area (Å²) >= 11 is 0. The van der Waals surface area contributed by atoms with E-state index < -0.39 is 11.6 Å². The number of hydrogen-bond acceptors (Lipinski definition) is 5. The van der Waals surface area contributed by atoms with Crippen molar-refractivity contribution in [2.75, 3.05) is 0 Å². The number of cyclic esters (lactones) is 1. The van der Waals surface area contributed by atoms with E-state index in [-0.39, 0.29) is 18.6 Å². The minimum Gasteiger partial charge on any atom is -0.458 e. The fourth-order valence-electron chi connectivity index (χ4n) is 3.41. The Kier molecular flexibility index (Phi) is 3.66. The van der Waals surface area contributed by atoms with Crippen LogP contribution >= 0.6 is 0 Å². The van der Waals surface area contributed by atoms with Crippen molar-refractivity contribution in [1.82, 2.24) is 9.55 Å². The molecule has 1 aliphatic heterocycles. The van der Waals surface area contributed by atoms with Crippen LogP contribution in [0.15, 0.2) is 47.3 Å². The molecule has 3 heterocycles. The van der Waals surface area contributed by atoms with E-state index in [2.05, 4.69) is 4.98 Å². The van der Waals surface area contributed by atoms with Gasteiger partial charge in [-0.15, -0.1) is 0 Å². The smallest absolute Gasteiger partial charge is 0.343 e. The van der Waals surface area contributed by atoms with Crippen LogP contribution in [0.4, 0.5) is 0 Å². The maximum Gasteiger partial charge on any atom is 0.343 e. The minimum atomic E-state index is -1.81. The van der Waals surface area contributed by atoms with Crippen LogP contribution in [0, 0.1) is 0 Å². The second-order valence-electron chi connectivity index (χ2n) is 6.47. The lowest BCUT2D eigenvalue weighted by atomic mass is 9.86. The van der Waals surface area contributed by atoms with Crippen molar-refractivity contribution in [3.8, 4) is 11.4 Å². The summed E-state index contributed by atoms with van der Waals surface area (Å²) in [5.74, 6) is -0.724. The van der Waals surface area contributed by atoms with E-state index >= 15 is 0 Å². The van der Waals surface area contributed by atoms with Gasteiger partial charge in [0, 0.05) is 18.0 Å². The number of esters is 1. The van der Waals surface area contributed by atoms with Gasteiger partial charge in [0.15, 0.2) is 5.60 Å². The Morgan fingerprint density at radius 2 is 2.00 bits per heavy atom. The van der Waals surface area contributed by atoms with Gasteiger partial charge in [-0.05, 0) is 24.6 Å². The van der Waals surface area contributed by atoms with Crippen LogP contribution in [0.2, 0.25) is 0 Å². The van der Waals surface area contributed by atoms with Gasteiger partial charge in [-0.3, -0.25) is 4.79 Å². The standard InChI is InChI=1S/C20H18N2O4/c1-3-20(25)14-10-17(22(2)18(23)13(14)11-26-19(20)24)16-9-8-12-6-4-5-7-15(12)21-16/h4-10,25H,3,11H2,1-2H3. The molecule has 4 rings (SSSR count). The Bertz CT molecular complexity index is 1100. The zero-order valence-corrected chi connectivity index (χ0v) is 14.5. The van der Waals surface area contributed by atoms with Crippen molar-refractivity contribution in [2.24, 2.45) is 7.05 Å². The summed E-state index contributed by atoms with van der Waals surface area (Å²) in [5, 5.41) is 11.8. The van der Waals surface area contributed by atoms with Crippen LogP contribution in [0.3, 0.4) is 0 Å². The molecule has 0 radical (unpaired) electrons. The van der Waals surface area contributed by atoms with Crippen LogP contribution in [0.25, 0.3) is 22.3 Å². The third kappa shape index (κ3) is 2.26. The number of carbonyl (C=O) groups is 1. The van der Waals surface area contributed by atoms with Gasteiger partial charge >= 0.3 is 5.97 Å². The normalized spacial score (nSPS) is 19.3. The largest absolute Gasteiger partial charge is 0.458 e. The maximum atomic E-state index is 12.8. The second kappa shape index (κ2) is 5.78. The van der Waals surface area contributed by atoms with Gasteiger partial charge in [0.2, 0.25) is 0 Å². The Labute approximate surface area is 149 Å². The average Bonchev–Trinajstić information content (AvgIpc) is 2.67. The molecule has 0 aliphatic carbocycles. The van der Waals surface area contributed by atoms with E-state index in [1.807, 2.05) is 36.4 Å². The highest BCUT2D eigenvalue weighted by Crippen LogP contribution is 2.35. The van der Waals surface area contributed by atoms with E-state index in [1.54, 1.807) is 20.0 Å². The molecule has 0 saturated heterocycles. The number of aliphatic hydroxyl groups is 1. The molecule has 1 N–H and O–H groups in total. The van der Waals surface area contributed by atoms with Crippen molar-refractivity contribution >= 4 is 16.9 Å². The molecule has 1 aromatic carbocycles. The molecule has 1 atom stereocenters. The fourth-order valence-corrected chi connectivity index (χ4v) is 3.41. The number of pyridine rings is 2. The summed E-state index contributed by atoms with van der Waals surface area (Å²) in [5.41, 5.74) is 0.453. The molecule has 3 aromatic rings. The molecule has 26 heavy (non-hydrogen) atoms. The number of ether oxygens (including phenoxy) is 1. The summed E-state index contributed by atoms with van der Waals surface area (Å²) < 4.78 is 6.51. The maximum absolute atomic E-state index is 12.8. The molecule has 6 nitrogen and oxygen atoms in total. The molecule has 0 amide bonds. The van der Waals surface area contributed by atoms with Gasteiger partial charge in [0.05, 0.1) is 22.5 Å². The molecule has 0 fully saturated rings. The average molecular weight is 350 g/mol. The molecular weight excluding hydrogens is 332 g/mol. The Balaban J connectivity index is 1.99. The SMILES string of the molecule is CCC1(O)C(=O)OCc2c1cc(-c1ccc3ccccc3n1)n(C)c2=O. The molecule has 2 aromatic heterocycles. The predicted octanol–water partition coefficient (Wildman–Crippen LogP) is 2.25. The molecule has 0 saturated carbocycles. The fraction of sp³-hybridized carbons (Fsp3) is 0.250. The van der Waals surface area contributed by atoms with Gasteiger partial charge in [-0.1, -0.05) is 31.2 Å². The number of fused-ring (bicyclic) bond motifs is 2. The Morgan fingerprint density at radius 1 is 1.23 bits per heavy atom. The molecule has 1 aliphatic rings. The molecule has 132 valence electrons. The first-order valence-corrected chi connectivity index (χ1v) is 8.45. The number of carbonyl (C=O) groups excluding carboxylic acids is 1. The summed E-state index contributed by atoms with van der Waals surface area (Å²) in [6, 6.07) is 13.1. The summed E-state index contributed by atoms with van der Waals surface area (Å²) in [7, 11) is 1.65. The number of benzene rings is 1. The lowest BCUT2D eigenvalue weighted by molar-refractivity contribution is -0.172. The van der Waals surface area contributed by atoms with Gasteiger partial charge in [0.1, 0.15) is 6.61 Å². The summed E-state index contributed by atoms with van der Waals surface area (Å²) in [6.45, 7) is 1.55. The zero-order valence-electron chi connectivity index (χ0n) is 14.5. The third-order valence-corrected chi connectivity index (χ3v) is 5.03. The first-order valence-electron chi connectivity index (χ1n) is 8.45. The molecule has 1 unspecified atom stereocenters. The molecular formula is C20H18N2O4. The molecule has 6 heteroatoms. The highest BCUT2D eigenvalue weighted by Gasteiger charge is 2.44. The molecule has 0 spiro atoms. The first-order chi connectivity index (χ1) is 12.5. The van der Waals surface area contributed by atoms with Crippen LogP contribution < -0.4 is 5.56 Å². The molecule has 0 bridgehead atoms. The first kappa shape index (κ1) is 16.5. The van der Waals surface area contributed by atoms with E-state index in [0.717, 1.165) is 10.9 Å². The second-order valence-corrected chi connectivity index (χ2v) is 6.47. The zero-order chi connectivity index (χ0) is 18.5. The summed E-state index contributed by atoms with van der Waals surface area (Å²) in [4.78, 5) is 29.6.